The summed E-state index contributed by atoms with van der Waals surface area (Å²) in [5, 5.41) is 3.10. The minimum Gasteiger partial charge on any atom is -0.489 e. The summed E-state index contributed by atoms with van der Waals surface area (Å²) in [4.78, 5) is 12.5. The standard InChI is InChI=1S/C27H31NO3/c1-4-21-10-12-23(13-11-21)27(20(2)3)28-26(29)19-31-25-16-14-24(15-17-25)30-18-22-8-6-5-7-9-22/h5-17,20,27H,4,18-19H2,1-3H3,(H,28,29)/t27-/m0/s1. The van der Waals surface area contributed by atoms with Crippen LogP contribution in [0.5, 0.6) is 11.5 Å². The third-order valence-corrected chi connectivity index (χ3v) is 5.17. The highest BCUT2D eigenvalue weighted by molar-refractivity contribution is 5.78. The van der Waals surface area contributed by atoms with E-state index in [0.717, 1.165) is 23.3 Å². The van der Waals surface area contributed by atoms with E-state index < -0.39 is 0 Å². The van der Waals surface area contributed by atoms with Gasteiger partial charge in [0.25, 0.3) is 5.91 Å². The molecule has 4 heteroatoms. The monoisotopic (exact) mass is 417 g/mol. The van der Waals surface area contributed by atoms with Crippen molar-refractivity contribution >= 4 is 5.91 Å². The first-order chi connectivity index (χ1) is 15.0. The molecule has 3 rings (SSSR count). The molecule has 4 nitrogen and oxygen atoms in total. The summed E-state index contributed by atoms with van der Waals surface area (Å²) < 4.78 is 11.5. The Morgan fingerprint density at radius 3 is 2.00 bits per heavy atom. The maximum absolute atomic E-state index is 12.5. The summed E-state index contributed by atoms with van der Waals surface area (Å²) >= 11 is 0. The van der Waals surface area contributed by atoms with E-state index in [0.29, 0.717) is 12.4 Å². The zero-order chi connectivity index (χ0) is 22.1. The number of hydrogen-bond acceptors (Lipinski definition) is 3. The van der Waals surface area contributed by atoms with Gasteiger partial charge < -0.3 is 14.8 Å². The summed E-state index contributed by atoms with van der Waals surface area (Å²) in [5.74, 6) is 1.53. The first-order valence-corrected chi connectivity index (χ1v) is 10.8. The van der Waals surface area contributed by atoms with E-state index in [1.807, 2.05) is 54.6 Å². The molecule has 3 aromatic carbocycles. The molecule has 1 amide bonds. The molecule has 0 fully saturated rings. The van der Waals surface area contributed by atoms with E-state index in [4.69, 9.17) is 9.47 Å². The number of rotatable bonds is 10. The molecule has 3 aromatic rings. The maximum Gasteiger partial charge on any atom is 0.258 e. The lowest BCUT2D eigenvalue weighted by Gasteiger charge is -2.23. The minimum atomic E-state index is -0.136. The van der Waals surface area contributed by atoms with E-state index in [2.05, 4.69) is 50.4 Å². The van der Waals surface area contributed by atoms with E-state index >= 15 is 0 Å². The number of carbonyl (C=O) groups is 1. The summed E-state index contributed by atoms with van der Waals surface area (Å²) in [6.07, 6.45) is 1.00. The fourth-order valence-electron chi connectivity index (χ4n) is 3.33. The summed E-state index contributed by atoms with van der Waals surface area (Å²) in [6, 6.07) is 25.7. The van der Waals surface area contributed by atoms with Crippen LogP contribution in [0.15, 0.2) is 78.9 Å². The third-order valence-electron chi connectivity index (χ3n) is 5.17. The molecular weight excluding hydrogens is 386 g/mol. The summed E-state index contributed by atoms with van der Waals surface area (Å²) in [5.41, 5.74) is 3.51. The lowest BCUT2D eigenvalue weighted by atomic mass is 9.95. The molecule has 1 N–H and O–H groups in total. The summed E-state index contributed by atoms with van der Waals surface area (Å²) in [6.45, 7) is 6.83. The maximum atomic E-state index is 12.5. The molecular formula is C27H31NO3. The molecule has 0 aromatic heterocycles. The summed E-state index contributed by atoms with van der Waals surface area (Å²) in [7, 11) is 0. The van der Waals surface area contributed by atoms with Gasteiger partial charge in [0, 0.05) is 0 Å². The lowest BCUT2D eigenvalue weighted by Crippen LogP contribution is -2.35. The van der Waals surface area contributed by atoms with Gasteiger partial charge in [0.05, 0.1) is 6.04 Å². The van der Waals surface area contributed by atoms with Crippen molar-refractivity contribution in [2.45, 2.75) is 39.8 Å². The second-order valence-electron chi connectivity index (χ2n) is 7.92. The van der Waals surface area contributed by atoms with Crippen LogP contribution in [0.25, 0.3) is 0 Å². The number of nitrogens with one attached hydrogen (secondary N) is 1. The van der Waals surface area contributed by atoms with Gasteiger partial charge in [-0.05, 0) is 53.3 Å². The fraction of sp³-hybridized carbons (Fsp3) is 0.296. The number of benzene rings is 3. The molecule has 0 saturated heterocycles. The van der Waals surface area contributed by atoms with Crippen molar-refractivity contribution in [2.75, 3.05) is 6.61 Å². The quantitative estimate of drug-likeness (QED) is 0.459. The Morgan fingerprint density at radius 1 is 0.806 bits per heavy atom. The predicted molar refractivity (Wildman–Crippen MR) is 124 cm³/mol. The molecule has 0 saturated carbocycles. The Kier molecular flexibility index (Phi) is 8.11. The number of amides is 1. The molecule has 0 unspecified atom stereocenters. The highest BCUT2D eigenvalue weighted by Crippen LogP contribution is 2.23. The van der Waals surface area contributed by atoms with Crippen molar-refractivity contribution in [3.63, 3.8) is 0 Å². The van der Waals surface area contributed by atoms with Gasteiger partial charge in [-0.1, -0.05) is 75.4 Å². The average molecular weight is 418 g/mol. The molecule has 162 valence electrons. The predicted octanol–water partition coefficient (Wildman–Crippen LogP) is 5.72. The fourth-order valence-corrected chi connectivity index (χ4v) is 3.33. The number of hydrogen-bond donors (Lipinski definition) is 1. The topological polar surface area (TPSA) is 47.6 Å². The van der Waals surface area contributed by atoms with Crippen molar-refractivity contribution in [3.05, 3.63) is 95.6 Å². The average Bonchev–Trinajstić information content (AvgIpc) is 2.81. The Balaban J connectivity index is 1.49. The van der Waals surface area contributed by atoms with Crippen LogP contribution < -0.4 is 14.8 Å². The van der Waals surface area contributed by atoms with E-state index in [1.165, 1.54) is 5.56 Å². The van der Waals surface area contributed by atoms with Gasteiger partial charge in [0.15, 0.2) is 6.61 Å². The third kappa shape index (κ3) is 6.88. The van der Waals surface area contributed by atoms with Gasteiger partial charge in [-0.25, -0.2) is 0 Å². The van der Waals surface area contributed by atoms with Crippen molar-refractivity contribution in [1.82, 2.24) is 5.32 Å². The largest absolute Gasteiger partial charge is 0.489 e. The lowest BCUT2D eigenvalue weighted by molar-refractivity contribution is -0.124. The zero-order valence-corrected chi connectivity index (χ0v) is 18.5. The van der Waals surface area contributed by atoms with E-state index in [1.54, 1.807) is 0 Å². The number of ether oxygens (including phenoxy) is 2. The van der Waals surface area contributed by atoms with Crippen LogP contribution in [0.2, 0.25) is 0 Å². The Labute approximate surface area is 185 Å². The van der Waals surface area contributed by atoms with E-state index in [-0.39, 0.29) is 24.5 Å². The second-order valence-corrected chi connectivity index (χ2v) is 7.92. The Hall–Kier alpha value is -3.27. The van der Waals surface area contributed by atoms with Gasteiger partial charge in [-0.15, -0.1) is 0 Å². The molecule has 0 spiro atoms. The molecule has 31 heavy (non-hydrogen) atoms. The van der Waals surface area contributed by atoms with Crippen LogP contribution in [0.4, 0.5) is 0 Å². The first kappa shape index (κ1) is 22.4. The Bertz CT molecular complexity index is 934. The highest BCUT2D eigenvalue weighted by atomic mass is 16.5. The SMILES string of the molecule is CCc1ccc([C@@H](NC(=O)COc2ccc(OCc3ccccc3)cc2)C(C)C)cc1. The van der Waals surface area contributed by atoms with Crippen LogP contribution in [-0.2, 0) is 17.8 Å². The highest BCUT2D eigenvalue weighted by Gasteiger charge is 2.18. The van der Waals surface area contributed by atoms with Crippen LogP contribution in [0.1, 0.15) is 43.5 Å². The van der Waals surface area contributed by atoms with E-state index in [9.17, 15) is 4.79 Å². The van der Waals surface area contributed by atoms with Crippen LogP contribution >= 0.6 is 0 Å². The number of carbonyl (C=O) groups excluding carboxylic acids is 1. The smallest absolute Gasteiger partial charge is 0.258 e. The molecule has 1 atom stereocenters. The normalized spacial score (nSPS) is 11.7. The molecule has 0 aliphatic rings. The van der Waals surface area contributed by atoms with Crippen molar-refractivity contribution in [3.8, 4) is 11.5 Å². The molecule has 0 radical (unpaired) electrons. The van der Waals surface area contributed by atoms with Crippen LogP contribution in [-0.4, -0.2) is 12.5 Å². The van der Waals surface area contributed by atoms with Gasteiger partial charge in [0.2, 0.25) is 0 Å². The van der Waals surface area contributed by atoms with Crippen molar-refractivity contribution in [2.24, 2.45) is 5.92 Å². The van der Waals surface area contributed by atoms with Gasteiger partial charge in [0.1, 0.15) is 18.1 Å². The van der Waals surface area contributed by atoms with Crippen molar-refractivity contribution < 1.29 is 14.3 Å². The molecule has 0 heterocycles. The van der Waals surface area contributed by atoms with Crippen LogP contribution in [0, 0.1) is 5.92 Å². The van der Waals surface area contributed by atoms with Gasteiger partial charge in [-0.2, -0.15) is 0 Å². The van der Waals surface area contributed by atoms with Crippen LogP contribution in [0.3, 0.4) is 0 Å². The minimum absolute atomic E-state index is 0.0273. The van der Waals surface area contributed by atoms with Gasteiger partial charge >= 0.3 is 0 Å². The second kappa shape index (κ2) is 11.2. The number of aryl methyl sites for hydroxylation is 1. The first-order valence-electron chi connectivity index (χ1n) is 10.8. The van der Waals surface area contributed by atoms with Gasteiger partial charge in [-0.3, -0.25) is 4.79 Å². The molecule has 0 bridgehead atoms. The molecule has 0 aliphatic carbocycles. The Morgan fingerprint density at radius 2 is 1.42 bits per heavy atom. The zero-order valence-electron chi connectivity index (χ0n) is 18.5. The van der Waals surface area contributed by atoms with Crippen molar-refractivity contribution in [1.29, 1.82) is 0 Å². The molecule has 0 aliphatic heterocycles.